The SMILES string of the molecule is C=C(C[C@@H]([C@@H](CC)CC(C)C)C(F)(I)I)C(C)CCCC. The van der Waals surface area contributed by atoms with E-state index in [0.29, 0.717) is 17.8 Å². The zero-order valence-corrected chi connectivity index (χ0v) is 18.7. The average Bonchev–Trinajstić information content (AvgIpc) is 2.37. The van der Waals surface area contributed by atoms with E-state index in [-0.39, 0.29) is 5.92 Å². The summed E-state index contributed by atoms with van der Waals surface area (Å²) in [6, 6.07) is 0. The molecule has 0 aromatic heterocycles. The van der Waals surface area contributed by atoms with E-state index in [0.717, 1.165) is 19.3 Å². The number of rotatable bonds is 11. The predicted octanol–water partition coefficient (Wildman–Crippen LogP) is 7.94. The standard InChI is InChI=1S/C18H33FI2/c1-7-9-10-14(5)15(6)12-17(18(19,20)21)16(8-2)11-13(3)4/h13-14,16-17H,6-12H2,1-5H3/t14?,16-,17-/m0/s1. The summed E-state index contributed by atoms with van der Waals surface area (Å²) in [5.74, 6) is 1.65. The van der Waals surface area contributed by atoms with Crippen molar-refractivity contribution in [2.75, 3.05) is 0 Å². The van der Waals surface area contributed by atoms with E-state index in [4.69, 9.17) is 0 Å². The van der Waals surface area contributed by atoms with Crippen LogP contribution in [-0.2, 0) is 0 Å². The molecule has 0 amide bonds. The quantitative estimate of drug-likeness (QED) is 0.147. The van der Waals surface area contributed by atoms with E-state index in [1.54, 1.807) is 0 Å². The van der Waals surface area contributed by atoms with Gasteiger partial charge in [-0.3, -0.25) is 0 Å². The van der Waals surface area contributed by atoms with Crippen molar-refractivity contribution in [2.24, 2.45) is 23.7 Å². The molecule has 0 N–H and O–H groups in total. The van der Waals surface area contributed by atoms with E-state index in [2.05, 4.69) is 41.2 Å². The molecule has 0 rings (SSSR count). The highest BCUT2D eigenvalue weighted by Gasteiger charge is 2.39. The fourth-order valence-corrected chi connectivity index (χ4v) is 4.43. The van der Waals surface area contributed by atoms with Crippen LogP contribution in [0.25, 0.3) is 0 Å². The van der Waals surface area contributed by atoms with Gasteiger partial charge < -0.3 is 0 Å². The molecule has 0 fully saturated rings. The minimum atomic E-state index is -1.18. The van der Waals surface area contributed by atoms with Crippen LogP contribution < -0.4 is 0 Å². The topological polar surface area (TPSA) is 0 Å². The second-order valence-electron chi connectivity index (χ2n) is 6.85. The number of unbranched alkanes of at least 4 members (excludes halogenated alkanes) is 1. The lowest BCUT2D eigenvalue weighted by Gasteiger charge is -2.34. The molecule has 0 aromatic rings. The molecule has 0 radical (unpaired) electrons. The Balaban J connectivity index is 4.88. The van der Waals surface area contributed by atoms with Crippen molar-refractivity contribution >= 4 is 45.2 Å². The lowest BCUT2D eigenvalue weighted by Crippen LogP contribution is -2.29. The lowest BCUT2D eigenvalue weighted by molar-refractivity contribution is 0.197. The number of allylic oxidation sites excluding steroid dienone is 1. The van der Waals surface area contributed by atoms with Crippen molar-refractivity contribution in [3.8, 4) is 0 Å². The largest absolute Gasteiger partial charge is 0.220 e. The zero-order chi connectivity index (χ0) is 16.6. The second-order valence-corrected chi connectivity index (χ2v) is 12.1. The number of hydrogen-bond donors (Lipinski definition) is 0. The van der Waals surface area contributed by atoms with Crippen LogP contribution in [0.3, 0.4) is 0 Å². The van der Waals surface area contributed by atoms with Gasteiger partial charge >= 0.3 is 0 Å². The minimum Gasteiger partial charge on any atom is -0.220 e. The van der Waals surface area contributed by atoms with Crippen LogP contribution in [0.2, 0.25) is 0 Å². The molecule has 1 unspecified atom stereocenters. The van der Waals surface area contributed by atoms with Crippen molar-refractivity contribution in [1.29, 1.82) is 0 Å². The van der Waals surface area contributed by atoms with Gasteiger partial charge in [-0.2, -0.15) is 0 Å². The maximum absolute atomic E-state index is 14.7. The first-order valence-electron chi connectivity index (χ1n) is 8.37. The van der Waals surface area contributed by atoms with Gasteiger partial charge in [0.15, 0.2) is 0 Å². The van der Waals surface area contributed by atoms with Gasteiger partial charge in [0.25, 0.3) is 0 Å². The molecule has 0 nitrogen and oxygen atoms in total. The highest BCUT2D eigenvalue weighted by Crippen LogP contribution is 2.47. The Morgan fingerprint density at radius 3 is 2.14 bits per heavy atom. The second kappa shape index (κ2) is 10.8. The van der Waals surface area contributed by atoms with Gasteiger partial charge in [-0.1, -0.05) is 66.0 Å². The molecule has 126 valence electrons. The van der Waals surface area contributed by atoms with Crippen molar-refractivity contribution < 1.29 is 4.39 Å². The van der Waals surface area contributed by atoms with E-state index >= 15 is 0 Å². The third kappa shape index (κ3) is 9.11. The Morgan fingerprint density at radius 2 is 1.76 bits per heavy atom. The molecule has 21 heavy (non-hydrogen) atoms. The molecule has 0 saturated heterocycles. The minimum absolute atomic E-state index is 0.0719. The number of halogens is 3. The summed E-state index contributed by atoms with van der Waals surface area (Å²) in [6.07, 6.45) is 6.64. The molecule has 0 spiro atoms. The average molecular weight is 522 g/mol. The predicted molar refractivity (Wildman–Crippen MR) is 111 cm³/mol. The van der Waals surface area contributed by atoms with E-state index in [1.807, 2.05) is 45.2 Å². The Bertz CT molecular complexity index is 294. The molecule has 0 aromatic carbocycles. The van der Waals surface area contributed by atoms with Gasteiger partial charge in [0, 0.05) is 5.92 Å². The molecule has 0 aliphatic heterocycles. The highest BCUT2D eigenvalue weighted by molar-refractivity contribution is 14.2. The summed E-state index contributed by atoms with van der Waals surface area (Å²) in [6.45, 7) is 15.4. The Kier molecular flexibility index (Phi) is 11.4. The highest BCUT2D eigenvalue weighted by atomic mass is 127. The molecule has 0 bridgehead atoms. The lowest BCUT2D eigenvalue weighted by atomic mass is 9.78. The summed E-state index contributed by atoms with van der Waals surface area (Å²) in [4.78, 5) is 0. The van der Waals surface area contributed by atoms with Crippen LogP contribution in [-0.4, -0.2) is 1.68 Å². The summed E-state index contributed by atoms with van der Waals surface area (Å²) < 4.78 is 13.6. The van der Waals surface area contributed by atoms with E-state index in [1.165, 1.54) is 24.8 Å². The third-order valence-corrected chi connectivity index (χ3v) is 6.06. The van der Waals surface area contributed by atoms with Crippen LogP contribution in [0, 0.1) is 23.7 Å². The van der Waals surface area contributed by atoms with E-state index < -0.39 is 1.68 Å². The molecule has 0 aliphatic carbocycles. The zero-order valence-electron chi connectivity index (χ0n) is 14.4. The van der Waals surface area contributed by atoms with Crippen molar-refractivity contribution in [2.45, 2.75) is 74.8 Å². The number of alkyl halides is 3. The third-order valence-electron chi connectivity index (χ3n) is 4.46. The van der Waals surface area contributed by atoms with Gasteiger partial charge in [0.05, 0.1) is 0 Å². The van der Waals surface area contributed by atoms with Crippen LogP contribution in [0.5, 0.6) is 0 Å². The fraction of sp³-hybridized carbons (Fsp3) is 0.889. The van der Waals surface area contributed by atoms with Crippen LogP contribution in [0.4, 0.5) is 4.39 Å². The van der Waals surface area contributed by atoms with Crippen LogP contribution >= 0.6 is 45.2 Å². The van der Waals surface area contributed by atoms with Gasteiger partial charge in [0.1, 0.15) is 0 Å². The summed E-state index contributed by atoms with van der Waals surface area (Å²) in [5, 5.41) is 0. The van der Waals surface area contributed by atoms with Gasteiger partial charge in [-0.05, 0) is 82.2 Å². The van der Waals surface area contributed by atoms with Gasteiger partial charge in [0.2, 0.25) is 1.68 Å². The Hall–Kier alpha value is 1.13. The maximum Gasteiger partial charge on any atom is 0.214 e. The van der Waals surface area contributed by atoms with Gasteiger partial charge in [-0.25, -0.2) is 4.39 Å². The first-order chi connectivity index (χ1) is 9.63. The summed E-state index contributed by atoms with van der Waals surface area (Å²) in [5.41, 5.74) is 1.24. The molecule has 0 saturated carbocycles. The normalized spacial score (nSPS) is 16.8. The summed E-state index contributed by atoms with van der Waals surface area (Å²) >= 11 is 3.98. The first-order valence-corrected chi connectivity index (χ1v) is 10.5. The molecule has 0 heterocycles. The summed E-state index contributed by atoms with van der Waals surface area (Å²) in [7, 11) is 0. The smallest absolute Gasteiger partial charge is 0.214 e. The molecule has 0 aliphatic rings. The van der Waals surface area contributed by atoms with Crippen LogP contribution in [0.15, 0.2) is 12.2 Å². The van der Waals surface area contributed by atoms with Crippen LogP contribution in [0.1, 0.15) is 73.1 Å². The van der Waals surface area contributed by atoms with Crippen molar-refractivity contribution in [1.82, 2.24) is 0 Å². The molecule has 3 heteroatoms. The fourth-order valence-electron chi connectivity index (χ4n) is 2.97. The van der Waals surface area contributed by atoms with Crippen molar-refractivity contribution in [3.63, 3.8) is 0 Å². The first kappa shape index (κ1) is 22.1. The number of hydrogen-bond acceptors (Lipinski definition) is 0. The molecular formula is C18H33FI2. The van der Waals surface area contributed by atoms with Crippen molar-refractivity contribution in [3.05, 3.63) is 12.2 Å². The molecular weight excluding hydrogens is 489 g/mol. The maximum atomic E-state index is 14.7. The Labute approximate surface area is 159 Å². The van der Waals surface area contributed by atoms with Gasteiger partial charge in [-0.15, -0.1) is 0 Å². The molecule has 3 atom stereocenters. The van der Waals surface area contributed by atoms with E-state index in [9.17, 15) is 4.39 Å². The monoisotopic (exact) mass is 522 g/mol. The Morgan fingerprint density at radius 1 is 1.19 bits per heavy atom.